The van der Waals surface area contributed by atoms with E-state index in [1.807, 2.05) is 6.07 Å². The first-order valence-corrected chi connectivity index (χ1v) is 8.18. The summed E-state index contributed by atoms with van der Waals surface area (Å²) in [5.41, 5.74) is 1.07. The third kappa shape index (κ3) is 6.88. The van der Waals surface area contributed by atoms with Gasteiger partial charge in [0.1, 0.15) is 0 Å². The van der Waals surface area contributed by atoms with Gasteiger partial charge in [-0.3, -0.25) is 4.79 Å². The third-order valence-corrected chi connectivity index (χ3v) is 4.32. The summed E-state index contributed by atoms with van der Waals surface area (Å²) in [5, 5.41) is 17.2. The molecule has 7 heteroatoms. The van der Waals surface area contributed by atoms with Crippen molar-refractivity contribution < 1.29 is 18.3 Å². The van der Waals surface area contributed by atoms with E-state index in [2.05, 4.69) is 4.72 Å². The lowest BCUT2D eigenvalue weighted by molar-refractivity contribution is -0.137. The number of nitrogens with zero attached hydrogens (tertiary/aromatic N) is 1. The van der Waals surface area contributed by atoms with Crippen LogP contribution >= 0.6 is 0 Å². The van der Waals surface area contributed by atoms with Gasteiger partial charge in [-0.2, -0.15) is 5.26 Å². The highest BCUT2D eigenvalue weighted by Crippen LogP contribution is 2.09. The smallest absolute Gasteiger partial charge is 0.303 e. The van der Waals surface area contributed by atoms with Crippen LogP contribution in [0.4, 0.5) is 0 Å². The number of carboxylic acid groups (broad SMARTS) is 1. The van der Waals surface area contributed by atoms with Crippen LogP contribution in [-0.4, -0.2) is 25.5 Å². The van der Waals surface area contributed by atoms with Gasteiger partial charge < -0.3 is 5.11 Å². The van der Waals surface area contributed by atoms with Gasteiger partial charge >= 0.3 is 5.97 Å². The SMILES string of the molecule is CC(CCCC(=O)O)NS(=O)(=O)Cc1ccc(C#N)cc1. The fourth-order valence-electron chi connectivity index (χ4n) is 1.86. The highest BCUT2D eigenvalue weighted by Gasteiger charge is 2.15. The van der Waals surface area contributed by atoms with Gasteiger partial charge in [0, 0.05) is 12.5 Å². The summed E-state index contributed by atoms with van der Waals surface area (Å²) >= 11 is 0. The van der Waals surface area contributed by atoms with Gasteiger partial charge in [-0.1, -0.05) is 12.1 Å². The van der Waals surface area contributed by atoms with Crippen LogP contribution in [0, 0.1) is 11.3 Å². The number of hydrogen-bond acceptors (Lipinski definition) is 4. The maximum atomic E-state index is 12.0. The summed E-state index contributed by atoms with van der Waals surface area (Å²) in [6.07, 6.45) is 0.927. The first-order valence-electron chi connectivity index (χ1n) is 6.53. The van der Waals surface area contributed by atoms with Crippen molar-refractivity contribution in [1.29, 1.82) is 5.26 Å². The predicted molar refractivity (Wildman–Crippen MR) is 77.9 cm³/mol. The zero-order valence-corrected chi connectivity index (χ0v) is 12.6. The molecule has 0 saturated carbocycles. The number of rotatable bonds is 8. The Morgan fingerprint density at radius 1 is 1.38 bits per heavy atom. The topological polar surface area (TPSA) is 107 Å². The molecule has 0 radical (unpaired) electrons. The number of benzene rings is 1. The molecule has 0 amide bonds. The first kappa shape index (κ1) is 17.1. The molecule has 21 heavy (non-hydrogen) atoms. The second-order valence-electron chi connectivity index (χ2n) is 4.87. The average molecular weight is 310 g/mol. The van der Waals surface area contributed by atoms with Crippen LogP contribution in [-0.2, 0) is 20.6 Å². The van der Waals surface area contributed by atoms with Crippen LogP contribution in [0.25, 0.3) is 0 Å². The van der Waals surface area contributed by atoms with Crippen LogP contribution in [0.3, 0.4) is 0 Å². The molecule has 0 aliphatic rings. The Labute approximate surface area is 124 Å². The fraction of sp³-hybridized carbons (Fsp3) is 0.429. The molecule has 1 aromatic rings. The van der Waals surface area contributed by atoms with E-state index in [4.69, 9.17) is 10.4 Å². The van der Waals surface area contributed by atoms with E-state index in [0.29, 0.717) is 24.0 Å². The van der Waals surface area contributed by atoms with Gasteiger partial charge in [0.15, 0.2) is 0 Å². The van der Waals surface area contributed by atoms with Crippen molar-refractivity contribution in [2.24, 2.45) is 0 Å². The molecule has 1 unspecified atom stereocenters. The quantitative estimate of drug-likeness (QED) is 0.758. The van der Waals surface area contributed by atoms with Crippen molar-refractivity contribution >= 4 is 16.0 Å². The van der Waals surface area contributed by atoms with Crippen molar-refractivity contribution in [2.75, 3.05) is 0 Å². The molecule has 2 N–H and O–H groups in total. The second-order valence-corrected chi connectivity index (χ2v) is 6.63. The number of nitriles is 1. The maximum Gasteiger partial charge on any atom is 0.303 e. The largest absolute Gasteiger partial charge is 0.481 e. The molecule has 0 bridgehead atoms. The van der Waals surface area contributed by atoms with Crippen molar-refractivity contribution in [3.05, 3.63) is 35.4 Å². The van der Waals surface area contributed by atoms with E-state index in [-0.39, 0.29) is 18.2 Å². The van der Waals surface area contributed by atoms with E-state index in [1.165, 1.54) is 0 Å². The van der Waals surface area contributed by atoms with Crippen LogP contribution in [0.15, 0.2) is 24.3 Å². The van der Waals surface area contributed by atoms with E-state index >= 15 is 0 Å². The molecule has 0 saturated heterocycles. The molecule has 0 spiro atoms. The van der Waals surface area contributed by atoms with Crippen LogP contribution in [0.5, 0.6) is 0 Å². The van der Waals surface area contributed by atoms with Crippen molar-refractivity contribution in [3.63, 3.8) is 0 Å². The Balaban J connectivity index is 2.52. The lowest BCUT2D eigenvalue weighted by atomic mass is 10.1. The van der Waals surface area contributed by atoms with Crippen LogP contribution in [0.1, 0.15) is 37.3 Å². The molecule has 1 rings (SSSR count). The first-order chi connectivity index (χ1) is 9.82. The molecule has 6 nitrogen and oxygen atoms in total. The minimum Gasteiger partial charge on any atom is -0.481 e. The lowest BCUT2D eigenvalue weighted by Crippen LogP contribution is -2.33. The number of sulfonamides is 1. The van der Waals surface area contributed by atoms with Gasteiger partial charge in [0.05, 0.1) is 17.4 Å². The monoisotopic (exact) mass is 310 g/mol. The van der Waals surface area contributed by atoms with E-state index in [0.717, 1.165) is 0 Å². The molecule has 0 aliphatic carbocycles. The number of hydrogen-bond donors (Lipinski definition) is 2. The Bertz CT molecular complexity index is 617. The minimum atomic E-state index is -3.48. The Morgan fingerprint density at radius 3 is 2.52 bits per heavy atom. The maximum absolute atomic E-state index is 12.0. The van der Waals surface area contributed by atoms with E-state index < -0.39 is 16.0 Å². The summed E-state index contributed by atoms with van der Waals surface area (Å²) < 4.78 is 26.5. The van der Waals surface area contributed by atoms with E-state index in [1.54, 1.807) is 31.2 Å². The van der Waals surface area contributed by atoms with Crippen LogP contribution in [0.2, 0.25) is 0 Å². The Hall–Kier alpha value is -1.91. The molecule has 0 fully saturated rings. The summed E-state index contributed by atoms with van der Waals surface area (Å²) in [5.74, 6) is -1.05. The van der Waals surface area contributed by atoms with Crippen molar-refractivity contribution in [1.82, 2.24) is 4.72 Å². The standard InChI is InChI=1S/C14H18N2O4S/c1-11(3-2-4-14(17)18)16-21(19,20)10-13-7-5-12(9-15)6-8-13/h5-8,11,16H,2-4,10H2,1H3,(H,17,18). The third-order valence-electron chi connectivity index (χ3n) is 2.85. The number of carbonyl (C=O) groups is 1. The van der Waals surface area contributed by atoms with Crippen molar-refractivity contribution in [3.8, 4) is 6.07 Å². The van der Waals surface area contributed by atoms with Gasteiger partial charge in [-0.05, 0) is 37.5 Å². The lowest BCUT2D eigenvalue weighted by Gasteiger charge is -2.13. The number of nitrogens with one attached hydrogen (secondary N) is 1. The molecular weight excluding hydrogens is 292 g/mol. The van der Waals surface area contributed by atoms with Gasteiger partial charge in [-0.15, -0.1) is 0 Å². The summed E-state index contributed by atoms with van der Waals surface area (Å²) in [6.45, 7) is 1.71. The summed E-state index contributed by atoms with van der Waals surface area (Å²) in [4.78, 5) is 10.4. The minimum absolute atomic E-state index is 0.0295. The summed E-state index contributed by atoms with van der Waals surface area (Å²) in [6, 6.07) is 8.01. The molecule has 0 aliphatic heterocycles. The Kier molecular flexibility index (Phi) is 6.34. The zero-order valence-electron chi connectivity index (χ0n) is 11.7. The molecule has 1 atom stereocenters. The molecule has 1 aromatic carbocycles. The predicted octanol–water partition coefficient (Wildman–Crippen LogP) is 1.62. The second kappa shape index (κ2) is 7.76. The number of aliphatic carboxylic acids is 1. The van der Waals surface area contributed by atoms with Crippen LogP contribution < -0.4 is 4.72 Å². The molecule has 114 valence electrons. The summed E-state index contributed by atoms with van der Waals surface area (Å²) in [7, 11) is -3.48. The van der Waals surface area contributed by atoms with Crippen molar-refractivity contribution in [2.45, 2.75) is 38.0 Å². The molecular formula is C14H18N2O4S. The van der Waals surface area contributed by atoms with Gasteiger partial charge in [0.2, 0.25) is 10.0 Å². The highest BCUT2D eigenvalue weighted by atomic mass is 32.2. The Morgan fingerprint density at radius 2 is 2.00 bits per heavy atom. The molecule has 0 aromatic heterocycles. The average Bonchev–Trinajstić information content (AvgIpc) is 2.38. The highest BCUT2D eigenvalue weighted by molar-refractivity contribution is 7.88. The molecule has 0 heterocycles. The normalized spacial score (nSPS) is 12.6. The van der Waals surface area contributed by atoms with Gasteiger partial charge in [-0.25, -0.2) is 13.1 Å². The fourth-order valence-corrected chi connectivity index (χ4v) is 3.31. The van der Waals surface area contributed by atoms with E-state index in [9.17, 15) is 13.2 Å². The number of carboxylic acids is 1. The zero-order chi connectivity index (χ0) is 15.9. The van der Waals surface area contributed by atoms with Gasteiger partial charge in [0.25, 0.3) is 0 Å².